The van der Waals surface area contributed by atoms with E-state index in [1.54, 1.807) is 12.1 Å². The van der Waals surface area contributed by atoms with Crippen molar-refractivity contribution in [1.82, 2.24) is 0 Å². The van der Waals surface area contributed by atoms with Crippen molar-refractivity contribution in [2.75, 3.05) is 0 Å². The zero-order valence-corrected chi connectivity index (χ0v) is 12.0. The summed E-state index contributed by atoms with van der Waals surface area (Å²) in [5, 5.41) is 11.4. The molecule has 0 radical (unpaired) electrons. The molecular formula is C12H15BrClNO2. The third kappa shape index (κ3) is 4.28. The molecule has 3 nitrogen and oxygen atoms in total. The van der Waals surface area contributed by atoms with Crippen molar-refractivity contribution in [2.24, 2.45) is 0 Å². The van der Waals surface area contributed by atoms with E-state index in [1.807, 2.05) is 0 Å². The molecular weight excluding hydrogens is 305 g/mol. The number of nitro groups is 1. The molecule has 17 heavy (non-hydrogen) atoms. The number of nitrogens with zero attached hydrogens (tertiary/aromatic N) is 1. The lowest BCUT2D eigenvalue weighted by Gasteiger charge is -2.09. The maximum absolute atomic E-state index is 10.9. The maximum Gasteiger partial charge on any atom is 0.274 e. The average Bonchev–Trinajstić information content (AvgIpc) is 2.27. The lowest BCUT2D eigenvalue weighted by atomic mass is 10.0. The molecule has 0 bridgehead atoms. The van der Waals surface area contributed by atoms with E-state index >= 15 is 0 Å². The fraction of sp³-hybridized carbons (Fsp3) is 0.500. The summed E-state index contributed by atoms with van der Waals surface area (Å²) in [6.07, 6.45) is 3.66. The zero-order chi connectivity index (χ0) is 12.8. The summed E-state index contributed by atoms with van der Waals surface area (Å²) >= 11 is 9.58. The highest BCUT2D eigenvalue weighted by Crippen LogP contribution is 2.29. The molecule has 5 heteroatoms. The molecule has 0 amide bonds. The van der Waals surface area contributed by atoms with Crippen LogP contribution >= 0.6 is 27.5 Å². The summed E-state index contributed by atoms with van der Waals surface area (Å²) in [5.41, 5.74) is 0.758. The predicted octanol–water partition coefficient (Wildman–Crippen LogP) is 4.74. The van der Waals surface area contributed by atoms with Crippen molar-refractivity contribution in [3.8, 4) is 0 Å². The van der Waals surface area contributed by atoms with Crippen molar-refractivity contribution in [3.05, 3.63) is 38.9 Å². The number of rotatable bonds is 6. The Morgan fingerprint density at radius 3 is 2.76 bits per heavy atom. The third-order valence-electron chi connectivity index (χ3n) is 2.60. The molecule has 0 aromatic heterocycles. The first kappa shape index (κ1) is 14.5. The second-order valence-corrected chi connectivity index (χ2v) is 5.62. The average molecular weight is 321 g/mol. The summed E-state index contributed by atoms with van der Waals surface area (Å²) < 4.78 is 0. The van der Waals surface area contributed by atoms with Crippen LogP contribution in [0.25, 0.3) is 0 Å². The molecule has 1 atom stereocenters. The number of hydrogen-bond donors (Lipinski definition) is 0. The van der Waals surface area contributed by atoms with Gasteiger partial charge in [0.25, 0.3) is 5.69 Å². The second-order valence-electron chi connectivity index (χ2n) is 3.92. The Hall–Kier alpha value is -0.610. The Bertz CT molecular complexity index is 398. The van der Waals surface area contributed by atoms with Gasteiger partial charge in [-0.3, -0.25) is 10.1 Å². The molecule has 1 aromatic rings. The number of alkyl halides is 1. The van der Waals surface area contributed by atoms with E-state index in [4.69, 9.17) is 11.6 Å². The van der Waals surface area contributed by atoms with Gasteiger partial charge in [-0.05, 0) is 25.3 Å². The summed E-state index contributed by atoms with van der Waals surface area (Å²) in [7, 11) is 0. The van der Waals surface area contributed by atoms with Crippen molar-refractivity contribution >= 4 is 33.2 Å². The molecule has 1 aromatic carbocycles. The Kier molecular flexibility index (Phi) is 5.92. The molecule has 0 aliphatic rings. The predicted molar refractivity (Wildman–Crippen MR) is 74.1 cm³/mol. The molecule has 0 saturated heterocycles. The van der Waals surface area contributed by atoms with Gasteiger partial charge in [0, 0.05) is 16.5 Å². The molecule has 0 spiro atoms. The van der Waals surface area contributed by atoms with Crippen LogP contribution in [0.15, 0.2) is 18.2 Å². The van der Waals surface area contributed by atoms with Gasteiger partial charge < -0.3 is 0 Å². The van der Waals surface area contributed by atoms with Crippen LogP contribution in [0.4, 0.5) is 5.69 Å². The number of benzene rings is 1. The summed E-state index contributed by atoms with van der Waals surface area (Å²) in [4.78, 5) is 10.9. The first-order chi connectivity index (χ1) is 8.06. The van der Waals surface area contributed by atoms with Gasteiger partial charge in [-0.2, -0.15) is 0 Å². The molecule has 0 aliphatic heterocycles. The maximum atomic E-state index is 10.9. The minimum Gasteiger partial charge on any atom is -0.258 e. The number of halogens is 2. The van der Waals surface area contributed by atoms with Gasteiger partial charge in [-0.25, -0.2) is 0 Å². The quantitative estimate of drug-likeness (QED) is 0.431. The SMILES string of the molecule is CCCC(Br)CCc1c(Cl)cccc1[N+](=O)[O-]. The fourth-order valence-corrected chi connectivity index (χ4v) is 2.68. The molecule has 1 rings (SSSR count). The third-order valence-corrected chi connectivity index (χ3v) is 3.87. The molecule has 0 saturated carbocycles. The fourth-order valence-electron chi connectivity index (χ4n) is 1.72. The molecule has 1 unspecified atom stereocenters. The van der Waals surface area contributed by atoms with E-state index in [-0.39, 0.29) is 10.6 Å². The van der Waals surface area contributed by atoms with E-state index in [9.17, 15) is 10.1 Å². The molecule has 0 aliphatic carbocycles. The van der Waals surface area contributed by atoms with Gasteiger partial charge in [-0.15, -0.1) is 0 Å². The highest BCUT2D eigenvalue weighted by atomic mass is 79.9. The second kappa shape index (κ2) is 6.97. The molecule has 0 fully saturated rings. The Labute approximate surface area is 114 Å². The topological polar surface area (TPSA) is 43.1 Å². The van der Waals surface area contributed by atoms with Crippen LogP contribution in [0.1, 0.15) is 31.7 Å². The number of hydrogen-bond acceptors (Lipinski definition) is 2. The smallest absolute Gasteiger partial charge is 0.258 e. The van der Waals surface area contributed by atoms with Crippen LogP contribution in [0.3, 0.4) is 0 Å². The lowest BCUT2D eigenvalue weighted by Crippen LogP contribution is -2.02. The van der Waals surface area contributed by atoms with Gasteiger partial charge in [0.2, 0.25) is 0 Å². The summed E-state index contributed by atoms with van der Waals surface area (Å²) in [5.74, 6) is 0. The van der Waals surface area contributed by atoms with Gasteiger partial charge in [0.15, 0.2) is 0 Å². The largest absolute Gasteiger partial charge is 0.274 e. The summed E-state index contributed by atoms with van der Waals surface area (Å²) in [6.45, 7) is 2.12. The standard InChI is InChI=1S/C12H15BrClNO2/c1-2-4-9(13)7-8-10-11(14)5-3-6-12(10)15(16)17/h3,5-6,9H,2,4,7-8H2,1H3. The normalized spacial score (nSPS) is 12.4. The highest BCUT2D eigenvalue weighted by molar-refractivity contribution is 9.09. The first-order valence-electron chi connectivity index (χ1n) is 5.62. The van der Waals surface area contributed by atoms with Gasteiger partial charge in [0.05, 0.1) is 9.95 Å². The molecule has 94 valence electrons. The van der Waals surface area contributed by atoms with Gasteiger partial charge in [0.1, 0.15) is 0 Å². The minimum atomic E-state index is -0.371. The van der Waals surface area contributed by atoms with Gasteiger partial charge >= 0.3 is 0 Å². The highest BCUT2D eigenvalue weighted by Gasteiger charge is 2.17. The van der Waals surface area contributed by atoms with Crippen LogP contribution in [-0.4, -0.2) is 9.75 Å². The Morgan fingerprint density at radius 2 is 2.18 bits per heavy atom. The van der Waals surface area contributed by atoms with Crippen molar-refractivity contribution in [3.63, 3.8) is 0 Å². The van der Waals surface area contributed by atoms with Gasteiger partial charge in [-0.1, -0.05) is 46.9 Å². The van der Waals surface area contributed by atoms with Crippen LogP contribution in [0, 0.1) is 10.1 Å². The Morgan fingerprint density at radius 1 is 1.47 bits per heavy atom. The van der Waals surface area contributed by atoms with Crippen molar-refractivity contribution in [1.29, 1.82) is 0 Å². The van der Waals surface area contributed by atoms with E-state index in [0.29, 0.717) is 21.8 Å². The van der Waals surface area contributed by atoms with Crippen LogP contribution in [-0.2, 0) is 6.42 Å². The van der Waals surface area contributed by atoms with Crippen molar-refractivity contribution < 1.29 is 4.92 Å². The zero-order valence-electron chi connectivity index (χ0n) is 9.66. The molecule has 0 heterocycles. The van der Waals surface area contributed by atoms with Crippen LogP contribution in [0.5, 0.6) is 0 Å². The molecule has 0 N–H and O–H groups in total. The van der Waals surface area contributed by atoms with Crippen molar-refractivity contribution in [2.45, 2.75) is 37.4 Å². The van der Waals surface area contributed by atoms with Crippen LogP contribution in [0.2, 0.25) is 5.02 Å². The minimum absolute atomic E-state index is 0.119. The van der Waals surface area contributed by atoms with Crippen LogP contribution < -0.4 is 0 Å². The monoisotopic (exact) mass is 319 g/mol. The number of nitro benzene ring substituents is 1. The van der Waals surface area contributed by atoms with E-state index in [2.05, 4.69) is 22.9 Å². The lowest BCUT2D eigenvalue weighted by molar-refractivity contribution is -0.385. The van der Waals surface area contributed by atoms with E-state index in [1.165, 1.54) is 6.07 Å². The summed E-state index contributed by atoms with van der Waals surface area (Å²) in [6, 6.07) is 4.82. The Balaban J connectivity index is 2.79. The van der Waals surface area contributed by atoms with E-state index in [0.717, 1.165) is 19.3 Å². The first-order valence-corrected chi connectivity index (χ1v) is 6.91. The van der Waals surface area contributed by atoms with E-state index < -0.39 is 0 Å².